The van der Waals surface area contributed by atoms with Crippen LogP contribution in [0.4, 0.5) is 5.69 Å². The Labute approximate surface area is 112 Å². The molecule has 19 heavy (non-hydrogen) atoms. The number of nitrogens with zero attached hydrogens (tertiary/aromatic N) is 1. The van der Waals surface area contributed by atoms with Gasteiger partial charge in [-0.05, 0) is 30.2 Å². The lowest BCUT2D eigenvalue weighted by atomic mass is 10.0. The predicted octanol–water partition coefficient (Wildman–Crippen LogP) is 3.28. The van der Waals surface area contributed by atoms with Gasteiger partial charge < -0.3 is 10.1 Å². The lowest BCUT2D eigenvalue weighted by Crippen LogP contribution is -2.07. The highest BCUT2D eigenvalue weighted by atomic mass is 16.5. The first-order valence-corrected chi connectivity index (χ1v) is 6.24. The molecule has 1 unspecified atom stereocenters. The van der Waals surface area contributed by atoms with Gasteiger partial charge in [-0.1, -0.05) is 24.3 Å². The number of methoxy groups -OCH3 is 1. The van der Waals surface area contributed by atoms with Gasteiger partial charge >= 0.3 is 0 Å². The average Bonchev–Trinajstić information content (AvgIpc) is 2.89. The van der Waals surface area contributed by atoms with E-state index in [1.54, 1.807) is 7.11 Å². The van der Waals surface area contributed by atoms with Crippen LogP contribution in [-0.2, 0) is 6.42 Å². The molecule has 3 heteroatoms. The first-order chi connectivity index (χ1) is 9.31. The van der Waals surface area contributed by atoms with E-state index in [0.717, 1.165) is 23.4 Å². The lowest BCUT2D eigenvalue weighted by Gasteiger charge is -2.15. The zero-order valence-corrected chi connectivity index (χ0v) is 10.7. The van der Waals surface area contributed by atoms with Crippen LogP contribution in [-0.4, -0.2) is 7.11 Å². The maximum Gasteiger partial charge on any atom is 0.124 e. The van der Waals surface area contributed by atoms with Gasteiger partial charge in [-0.2, -0.15) is 5.26 Å². The summed E-state index contributed by atoms with van der Waals surface area (Å²) in [5.41, 5.74) is 4.14. The molecule has 0 spiro atoms. The SMILES string of the molecule is COc1ccccc1C1Cc2ccc(C#N)cc2N1. The molecule has 1 heterocycles. The van der Waals surface area contributed by atoms with Crippen LogP contribution in [0.15, 0.2) is 42.5 Å². The van der Waals surface area contributed by atoms with Crippen molar-refractivity contribution in [1.82, 2.24) is 0 Å². The number of benzene rings is 2. The molecular weight excluding hydrogens is 236 g/mol. The topological polar surface area (TPSA) is 45.0 Å². The number of rotatable bonds is 2. The van der Waals surface area contributed by atoms with Gasteiger partial charge in [0.15, 0.2) is 0 Å². The second kappa shape index (κ2) is 4.66. The molecule has 3 nitrogen and oxygen atoms in total. The van der Waals surface area contributed by atoms with Crippen molar-refractivity contribution in [1.29, 1.82) is 5.26 Å². The summed E-state index contributed by atoms with van der Waals surface area (Å²) >= 11 is 0. The standard InChI is InChI=1S/C16H14N2O/c1-19-16-5-3-2-4-13(16)15-9-12-7-6-11(10-17)8-14(12)18-15/h2-8,15,18H,9H2,1H3. The predicted molar refractivity (Wildman–Crippen MR) is 74.2 cm³/mol. The van der Waals surface area contributed by atoms with Crippen molar-refractivity contribution < 1.29 is 4.74 Å². The van der Waals surface area contributed by atoms with E-state index in [-0.39, 0.29) is 6.04 Å². The molecule has 0 saturated carbocycles. The van der Waals surface area contributed by atoms with Crippen molar-refractivity contribution >= 4 is 5.69 Å². The van der Waals surface area contributed by atoms with Crippen molar-refractivity contribution in [3.63, 3.8) is 0 Å². The molecule has 0 radical (unpaired) electrons. The number of fused-ring (bicyclic) bond motifs is 1. The number of nitrogens with one attached hydrogen (secondary N) is 1. The first-order valence-electron chi connectivity index (χ1n) is 6.24. The molecule has 0 aromatic heterocycles. The van der Waals surface area contributed by atoms with Crippen LogP contribution in [0.3, 0.4) is 0 Å². The van der Waals surface area contributed by atoms with Crippen LogP contribution in [0.25, 0.3) is 0 Å². The van der Waals surface area contributed by atoms with Crippen molar-refractivity contribution in [2.45, 2.75) is 12.5 Å². The molecule has 0 saturated heterocycles. The summed E-state index contributed by atoms with van der Waals surface area (Å²) in [4.78, 5) is 0. The van der Waals surface area contributed by atoms with Gasteiger partial charge in [-0.3, -0.25) is 0 Å². The Hall–Kier alpha value is -2.47. The molecule has 1 N–H and O–H groups in total. The second-order valence-corrected chi connectivity index (χ2v) is 4.63. The fourth-order valence-corrected chi connectivity index (χ4v) is 2.56. The van der Waals surface area contributed by atoms with Crippen molar-refractivity contribution in [3.8, 4) is 11.8 Å². The highest BCUT2D eigenvalue weighted by molar-refractivity contribution is 5.62. The number of nitriles is 1. The zero-order valence-electron chi connectivity index (χ0n) is 10.7. The average molecular weight is 250 g/mol. The number of ether oxygens (including phenoxy) is 1. The van der Waals surface area contributed by atoms with Gasteiger partial charge in [0, 0.05) is 11.3 Å². The Morgan fingerprint density at radius 1 is 1.26 bits per heavy atom. The van der Waals surface area contributed by atoms with Crippen LogP contribution in [0.5, 0.6) is 5.75 Å². The van der Waals surface area contributed by atoms with Gasteiger partial charge in [0.05, 0.1) is 24.8 Å². The molecule has 0 aliphatic carbocycles. The quantitative estimate of drug-likeness (QED) is 0.889. The van der Waals surface area contributed by atoms with Gasteiger partial charge in [-0.25, -0.2) is 0 Å². The Bertz CT molecular complexity index is 658. The van der Waals surface area contributed by atoms with Crippen molar-refractivity contribution in [2.75, 3.05) is 12.4 Å². The molecule has 3 rings (SSSR count). The number of hydrogen-bond acceptors (Lipinski definition) is 3. The summed E-state index contributed by atoms with van der Waals surface area (Å²) in [5.74, 6) is 0.897. The second-order valence-electron chi connectivity index (χ2n) is 4.63. The normalized spacial score (nSPS) is 16.3. The van der Waals surface area contributed by atoms with Crippen LogP contribution in [0.2, 0.25) is 0 Å². The summed E-state index contributed by atoms with van der Waals surface area (Å²) in [5, 5.41) is 12.4. The lowest BCUT2D eigenvalue weighted by molar-refractivity contribution is 0.407. The first kappa shape index (κ1) is 11.6. The van der Waals surface area contributed by atoms with E-state index in [9.17, 15) is 0 Å². The highest BCUT2D eigenvalue weighted by Gasteiger charge is 2.24. The summed E-state index contributed by atoms with van der Waals surface area (Å²) in [7, 11) is 1.69. The third-order valence-electron chi connectivity index (χ3n) is 3.51. The van der Waals surface area contributed by atoms with E-state index in [2.05, 4.69) is 17.5 Å². The summed E-state index contributed by atoms with van der Waals surface area (Å²) < 4.78 is 5.41. The maximum atomic E-state index is 8.94. The third kappa shape index (κ3) is 2.02. The summed E-state index contributed by atoms with van der Waals surface area (Å²) in [6.07, 6.45) is 0.918. The minimum Gasteiger partial charge on any atom is -0.496 e. The van der Waals surface area contributed by atoms with Crippen LogP contribution >= 0.6 is 0 Å². The largest absolute Gasteiger partial charge is 0.496 e. The summed E-state index contributed by atoms with van der Waals surface area (Å²) in [6, 6.07) is 16.2. The van der Waals surface area contributed by atoms with E-state index in [1.807, 2.05) is 36.4 Å². The minimum atomic E-state index is 0.208. The summed E-state index contributed by atoms with van der Waals surface area (Å²) in [6.45, 7) is 0. The van der Waals surface area contributed by atoms with E-state index < -0.39 is 0 Å². The van der Waals surface area contributed by atoms with E-state index in [0.29, 0.717) is 5.56 Å². The molecule has 1 aliphatic heterocycles. The van der Waals surface area contributed by atoms with Crippen molar-refractivity contribution in [2.24, 2.45) is 0 Å². The number of hydrogen-bond donors (Lipinski definition) is 1. The molecule has 94 valence electrons. The van der Waals surface area contributed by atoms with Crippen LogP contribution in [0.1, 0.15) is 22.7 Å². The van der Waals surface area contributed by atoms with E-state index in [4.69, 9.17) is 10.00 Å². The molecule has 1 atom stereocenters. The van der Waals surface area contributed by atoms with Crippen molar-refractivity contribution in [3.05, 3.63) is 59.2 Å². The van der Waals surface area contributed by atoms with E-state index >= 15 is 0 Å². The monoisotopic (exact) mass is 250 g/mol. The fraction of sp³-hybridized carbons (Fsp3) is 0.188. The Morgan fingerprint density at radius 2 is 2.11 bits per heavy atom. The fourth-order valence-electron chi connectivity index (χ4n) is 2.56. The molecule has 0 fully saturated rings. The molecule has 2 aromatic carbocycles. The Balaban J connectivity index is 1.93. The Morgan fingerprint density at radius 3 is 2.89 bits per heavy atom. The number of anilines is 1. The van der Waals surface area contributed by atoms with Gasteiger partial charge in [0.1, 0.15) is 5.75 Å². The highest BCUT2D eigenvalue weighted by Crippen LogP contribution is 2.37. The smallest absolute Gasteiger partial charge is 0.124 e. The van der Waals surface area contributed by atoms with Crippen LogP contribution in [0, 0.1) is 11.3 Å². The molecule has 2 aromatic rings. The number of para-hydroxylation sites is 1. The van der Waals surface area contributed by atoms with Gasteiger partial charge in [-0.15, -0.1) is 0 Å². The minimum absolute atomic E-state index is 0.208. The molecule has 1 aliphatic rings. The van der Waals surface area contributed by atoms with Crippen LogP contribution < -0.4 is 10.1 Å². The zero-order chi connectivity index (χ0) is 13.2. The maximum absolute atomic E-state index is 8.94. The molecular formula is C16H14N2O. The molecule has 0 amide bonds. The van der Waals surface area contributed by atoms with E-state index in [1.165, 1.54) is 5.56 Å². The third-order valence-corrected chi connectivity index (χ3v) is 3.51. The van der Waals surface area contributed by atoms with Gasteiger partial charge in [0.25, 0.3) is 0 Å². The Kier molecular flexibility index (Phi) is 2.85. The van der Waals surface area contributed by atoms with Gasteiger partial charge in [0.2, 0.25) is 0 Å². The molecule has 0 bridgehead atoms.